The summed E-state index contributed by atoms with van der Waals surface area (Å²) in [7, 11) is -7.26. The summed E-state index contributed by atoms with van der Waals surface area (Å²) in [4.78, 5) is 23.3. The summed E-state index contributed by atoms with van der Waals surface area (Å²) in [6, 6.07) is 11.7. The molecular formula is C26H31N7O9S2. The number of hydrogen-bond donors (Lipinski definition) is 6. The first-order valence-corrected chi connectivity index (χ1v) is 15.7. The van der Waals surface area contributed by atoms with Gasteiger partial charge in [0, 0.05) is 12.1 Å². The van der Waals surface area contributed by atoms with E-state index >= 15 is 0 Å². The number of nitrogens with two attached hydrogens (primary N) is 1. The van der Waals surface area contributed by atoms with Crippen molar-refractivity contribution in [3.8, 4) is 0 Å². The van der Waals surface area contributed by atoms with E-state index < -0.39 is 61.4 Å². The van der Waals surface area contributed by atoms with Crippen LogP contribution < -0.4 is 16.5 Å². The molecule has 16 nitrogen and oxygen atoms in total. The molecule has 0 fully saturated rings. The standard InChI is InChI=1S/C26H31N7O9S2/c1-17(27)23(33-32-22-6-4-3-5-20(22)26(36)42-2)15-24(44(39,40)41)21(28)16-30-31-19-9-7-18(8-10-19)25(35)29-11-13-43(37,38)14-12-34/h3-10,15,28,32,34H,1,11-14,16,27H2,2H3,(H,29,35)(H,39,40,41). The molecule has 236 valence electrons. The smallest absolute Gasteiger partial charge is 0.340 e. The molecule has 44 heavy (non-hydrogen) atoms. The number of nitrogens with zero attached hydrogens (tertiary/aromatic N) is 3. The minimum absolute atomic E-state index is 0.117. The van der Waals surface area contributed by atoms with Crippen molar-refractivity contribution in [3.05, 3.63) is 82.9 Å². The highest BCUT2D eigenvalue weighted by atomic mass is 32.2. The summed E-state index contributed by atoms with van der Waals surface area (Å²) in [5.74, 6) is -1.94. The normalized spacial score (nSPS) is 12.5. The van der Waals surface area contributed by atoms with E-state index in [0.717, 1.165) is 6.08 Å². The zero-order valence-electron chi connectivity index (χ0n) is 23.4. The molecule has 2 aromatic carbocycles. The SMILES string of the molecule is C=C(N)C(C=C(C(=N)CN=Nc1ccc(C(=O)NCCS(=O)(=O)CCO)cc1)S(=O)(=O)O)=NNc1ccccc1C(=O)OC. The lowest BCUT2D eigenvalue weighted by molar-refractivity contribution is 0.0601. The van der Waals surface area contributed by atoms with E-state index in [-0.39, 0.29) is 46.2 Å². The topological polar surface area (TPSA) is 263 Å². The maximum atomic E-state index is 12.2. The number of carbonyl (C=O) groups excluding carboxylic acids is 2. The Bertz CT molecular complexity index is 1700. The van der Waals surface area contributed by atoms with Crippen LogP contribution in [-0.2, 0) is 24.7 Å². The van der Waals surface area contributed by atoms with Crippen LogP contribution in [0.15, 0.2) is 87.1 Å². The molecule has 0 aliphatic rings. The molecule has 0 saturated heterocycles. The number of aliphatic hydroxyl groups excluding tert-OH is 1. The number of ether oxygens (including phenoxy) is 1. The van der Waals surface area contributed by atoms with Gasteiger partial charge >= 0.3 is 5.97 Å². The van der Waals surface area contributed by atoms with Crippen molar-refractivity contribution in [1.29, 1.82) is 5.41 Å². The van der Waals surface area contributed by atoms with Crippen molar-refractivity contribution in [2.45, 2.75) is 0 Å². The molecule has 0 heterocycles. The van der Waals surface area contributed by atoms with Gasteiger partial charge in [0.05, 0.1) is 53.6 Å². The molecule has 1 amide bonds. The largest absolute Gasteiger partial charge is 0.465 e. The van der Waals surface area contributed by atoms with Crippen molar-refractivity contribution in [2.75, 3.05) is 43.7 Å². The van der Waals surface area contributed by atoms with Crippen LogP contribution in [0.2, 0.25) is 0 Å². The van der Waals surface area contributed by atoms with Crippen molar-refractivity contribution < 1.29 is 40.8 Å². The minimum Gasteiger partial charge on any atom is -0.465 e. The zero-order valence-corrected chi connectivity index (χ0v) is 25.1. The molecule has 2 rings (SSSR count). The second-order valence-electron chi connectivity index (χ2n) is 8.71. The molecule has 0 aliphatic heterocycles. The number of esters is 1. The van der Waals surface area contributed by atoms with E-state index in [2.05, 4.69) is 32.7 Å². The van der Waals surface area contributed by atoms with Crippen LogP contribution in [0, 0.1) is 5.41 Å². The lowest BCUT2D eigenvalue weighted by atomic mass is 10.2. The third kappa shape index (κ3) is 11.1. The molecule has 0 aliphatic carbocycles. The van der Waals surface area contributed by atoms with Gasteiger partial charge in [0.2, 0.25) is 0 Å². The highest BCUT2D eigenvalue weighted by Crippen LogP contribution is 2.17. The van der Waals surface area contributed by atoms with Gasteiger partial charge in [-0.3, -0.25) is 14.8 Å². The molecule has 0 radical (unpaired) electrons. The van der Waals surface area contributed by atoms with Gasteiger partial charge in [0.15, 0.2) is 9.84 Å². The maximum Gasteiger partial charge on any atom is 0.340 e. The number of hydrogen-bond acceptors (Lipinski definition) is 14. The Balaban J connectivity index is 2.15. The number of azo groups is 1. The summed E-state index contributed by atoms with van der Waals surface area (Å²) in [6.07, 6.45) is 0.797. The highest BCUT2D eigenvalue weighted by molar-refractivity contribution is 7.91. The first kappa shape index (κ1) is 35.4. The number of aliphatic hydroxyl groups is 1. The number of sulfone groups is 1. The summed E-state index contributed by atoms with van der Waals surface area (Å²) in [6.45, 7) is 2.26. The van der Waals surface area contributed by atoms with Gasteiger partial charge in [-0.1, -0.05) is 18.7 Å². The second kappa shape index (κ2) is 16.2. The number of benzene rings is 2. The van der Waals surface area contributed by atoms with Crippen LogP contribution in [0.4, 0.5) is 11.4 Å². The van der Waals surface area contributed by atoms with Gasteiger partial charge in [-0.05, 0) is 42.5 Å². The molecule has 0 bridgehead atoms. The number of hydrazone groups is 1. The van der Waals surface area contributed by atoms with Crippen molar-refractivity contribution in [3.63, 3.8) is 0 Å². The lowest BCUT2D eigenvalue weighted by Crippen LogP contribution is -2.30. The fraction of sp³-hybridized carbons (Fsp3) is 0.231. The zero-order chi connectivity index (χ0) is 32.9. The molecule has 0 atom stereocenters. The molecule has 0 unspecified atom stereocenters. The van der Waals surface area contributed by atoms with Gasteiger partial charge in [-0.2, -0.15) is 23.7 Å². The average molecular weight is 650 g/mol. The van der Waals surface area contributed by atoms with Gasteiger partial charge in [-0.25, -0.2) is 13.2 Å². The minimum atomic E-state index is -4.97. The molecule has 0 spiro atoms. The van der Waals surface area contributed by atoms with Crippen LogP contribution in [-0.4, -0.2) is 88.1 Å². The molecule has 2 aromatic rings. The monoisotopic (exact) mass is 649 g/mol. The number of para-hydroxylation sites is 1. The van der Waals surface area contributed by atoms with Crippen LogP contribution in [0.3, 0.4) is 0 Å². The Kier molecular flexibility index (Phi) is 13.0. The Hall–Kier alpha value is -4.78. The second-order valence-corrected chi connectivity index (χ2v) is 12.4. The fourth-order valence-corrected chi connectivity index (χ4v) is 4.77. The number of nitrogens with one attached hydrogen (secondary N) is 3. The van der Waals surface area contributed by atoms with E-state index in [4.69, 9.17) is 21.0 Å². The van der Waals surface area contributed by atoms with Crippen LogP contribution >= 0.6 is 0 Å². The van der Waals surface area contributed by atoms with Crippen molar-refractivity contribution in [1.82, 2.24) is 5.32 Å². The first-order valence-electron chi connectivity index (χ1n) is 12.5. The number of methoxy groups -OCH3 is 1. The third-order valence-corrected chi connectivity index (χ3v) is 8.00. The number of allylic oxidation sites excluding steroid dienone is 1. The predicted octanol–water partition coefficient (Wildman–Crippen LogP) is 1.43. The number of rotatable bonds is 16. The highest BCUT2D eigenvalue weighted by Gasteiger charge is 2.21. The molecule has 18 heteroatoms. The number of anilines is 1. The molecule has 0 saturated carbocycles. The van der Waals surface area contributed by atoms with E-state index in [9.17, 15) is 31.0 Å². The molecular weight excluding hydrogens is 618 g/mol. The quantitative estimate of drug-likeness (QED) is 0.0498. The first-order chi connectivity index (χ1) is 20.7. The van der Waals surface area contributed by atoms with Gasteiger partial charge in [0.25, 0.3) is 16.0 Å². The average Bonchev–Trinajstić information content (AvgIpc) is 2.96. The third-order valence-electron chi connectivity index (χ3n) is 5.45. The van der Waals surface area contributed by atoms with E-state index in [1.807, 2.05) is 0 Å². The molecule has 7 N–H and O–H groups in total. The maximum absolute atomic E-state index is 12.2. The summed E-state index contributed by atoms with van der Waals surface area (Å²) < 4.78 is 61.8. The Morgan fingerprint density at radius 2 is 1.75 bits per heavy atom. The van der Waals surface area contributed by atoms with Crippen molar-refractivity contribution in [2.24, 2.45) is 21.1 Å². The number of carbonyl (C=O) groups is 2. The van der Waals surface area contributed by atoms with Gasteiger partial charge in [-0.15, -0.1) is 0 Å². The fourth-order valence-electron chi connectivity index (χ4n) is 3.24. The predicted molar refractivity (Wildman–Crippen MR) is 163 cm³/mol. The Morgan fingerprint density at radius 1 is 1.09 bits per heavy atom. The summed E-state index contributed by atoms with van der Waals surface area (Å²) >= 11 is 0. The summed E-state index contributed by atoms with van der Waals surface area (Å²) in [5, 5.41) is 30.9. The molecule has 0 aromatic heterocycles. The van der Waals surface area contributed by atoms with Crippen molar-refractivity contribution >= 4 is 54.6 Å². The van der Waals surface area contributed by atoms with E-state index in [0.29, 0.717) is 0 Å². The van der Waals surface area contributed by atoms with E-state index in [1.54, 1.807) is 12.1 Å². The van der Waals surface area contributed by atoms with Crippen LogP contribution in [0.1, 0.15) is 20.7 Å². The summed E-state index contributed by atoms with van der Waals surface area (Å²) in [5.41, 5.74) is 7.84. The Morgan fingerprint density at radius 3 is 2.34 bits per heavy atom. The van der Waals surface area contributed by atoms with Gasteiger partial charge < -0.3 is 26.3 Å². The van der Waals surface area contributed by atoms with Crippen LogP contribution in [0.5, 0.6) is 0 Å². The van der Waals surface area contributed by atoms with Crippen LogP contribution in [0.25, 0.3) is 0 Å². The number of amides is 1. The Labute approximate surface area is 253 Å². The van der Waals surface area contributed by atoms with Gasteiger partial charge in [0.1, 0.15) is 17.2 Å². The lowest BCUT2D eigenvalue weighted by Gasteiger charge is -2.09. The van der Waals surface area contributed by atoms with E-state index in [1.165, 1.54) is 43.5 Å².